The van der Waals surface area contributed by atoms with E-state index in [9.17, 15) is 0 Å². The van der Waals surface area contributed by atoms with Crippen molar-refractivity contribution in [1.82, 2.24) is 5.32 Å². The molecule has 0 spiro atoms. The number of rotatable bonds is 6. The third-order valence-electron chi connectivity index (χ3n) is 2.28. The molecule has 0 atom stereocenters. The Kier molecular flexibility index (Phi) is 6.60. The Bertz CT molecular complexity index is 350. The van der Waals surface area contributed by atoms with Crippen LogP contribution in [0.2, 0.25) is 0 Å². The predicted octanol–water partition coefficient (Wildman–Crippen LogP) is 4.70. The maximum Gasteiger partial charge on any atom is 0.0314 e. The summed E-state index contributed by atoms with van der Waals surface area (Å²) in [6, 6.07) is 7.18. The van der Waals surface area contributed by atoms with Gasteiger partial charge >= 0.3 is 0 Å². The molecule has 1 nitrogen and oxygen atoms in total. The number of benzene rings is 1. The summed E-state index contributed by atoms with van der Waals surface area (Å²) < 4.78 is 1.21. The van der Waals surface area contributed by atoms with Crippen LogP contribution in [0.25, 0.3) is 0 Å². The summed E-state index contributed by atoms with van der Waals surface area (Å²) in [6.07, 6.45) is 0. The van der Waals surface area contributed by atoms with Crippen LogP contribution in [0.5, 0.6) is 0 Å². The molecule has 0 heterocycles. The van der Waals surface area contributed by atoms with Crippen molar-refractivity contribution < 1.29 is 0 Å². The van der Waals surface area contributed by atoms with E-state index in [0.29, 0.717) is 6.04 Å². The maximum absolute atomic E-state index is 3.66. The molecule has 0 aliphatic carbocycles. The molecule has 0 radical (unpaired) electrons. The highest BCUT2D eigenvalue weighted by atomic mass is 79.9. The largest absolute Gasteiger partial charge is 0.310 e. The van der Waals surface area contributed by atoms with Crippen LogP contribution < -0.4 is 5.32 Å². The Morgan fingerprint density at radius 3 is 2.47 bits per heavy atom. The number of halogens is 1. The topological polar surface area (TPSA) is 12.0 Å². The van der Waals surface area contributed by atoms with Gasteiger partial charge < -0.3 is 5.32 Å². The molecule has 0 saturated heterocycles. The van der Waals surface area contributed by atoms with Crippen molar-refractivity contribution in [3.63, 3.8) is 0 Å². The smallest absolute Gasteiger partial charge is 0.0314 e. The molecule has 0 aliphatic rings. The van der Waals surface area contributed by atoms with Gasteiger partial charge in [-0.05, 0) is 39.5 Å². The van der Waals surface area contributed by atoms with Gasteiger partial charge in [-0.25, -0.2) is 0 Å². The number of hydrogen-bond acceptors (Lipinski definition) is 2. The van der Waals surface area contributed by atoms with Crippen molar-refractivity contribution in [2.75, 3.05) is 5.75 Å². The van der Waals surface area contributed by atoms with Gasteiger partial charge in [0.2, 0.25) is 0 Å². The summed E-state index contributed by atoms with van der Waals surface area (Å²) in [4.78, 5) is 1.34. The van der Waals surface area contributed by atoms with Crippen LogP contribution in [0.3, 0.4) is 0 Å². The molecule has 0 fully saturated rings. The fourth-order valence-corrected chi connectivity index (χ4v) is 2.99. The Hall–Kier alpha value is 0.01000. The van der Waals surface area contributed by atoms with Gasteiger partial charge in [0.15, 0.2) is 0 Å². The third kappa shape index (κ3) is 5.94. The first kappa shape index (κ1) is 15.1. The first-order valence-electron chi connectivity index (χ1n) is 6.13. The zero-order chi connectivity index (χ0) is 12.8. The Labute approximate surface area is 118 Å². The Morgan fingerprint density at radius 1 is 1.24 bits per heavy atom. The molecule has 3 heteroatoms. The molecule has 0 amide bonds. The molecule has 96 valence electrons. The van der Waals surface area contributed by atoms with Crippen LogP contribution >= 0.6 is 27.7 Å². The molecule has 0 bridgehead atoms. The Morgan fingerprint density at radius 2 is 1.94 bits per heavy atom. The molecule has 0 unspecified atom stereocenters. The van der Waals surface area contributed by atoms with Gasteiger partial charge in [0, 0.05) is 27.7 Å². The highest BCUT2D eigenvalue weighted by Gasteiger charge is 2.04. The van der Waals surface area contributed by atoms with Gasteiger partial charge in [0.05, 0.1) is 0 Å². The fraction of sp³-hybridized carbons (Fsp3) is 0.571. The van der Waals surface area contributed by atoms with E-state index in [2.05, 4.69) is 67.1 Å². The molecule has 1 aromatic carbocycles. The van der Waals surface area contributed by atoms with Crippen LogP contribution in [0, 0.1) is 5.92 Å². The third-order valence-corrected chi connectivity index (χ3v) is 4.70. The van der Waals surface area contributed by atoms with E-state index in [0.717, 1.165) is 12.5 Å². The van der Waals surface area contributed by atoms with Gasteiger partial charge in [0.1, 0.15) is 0 Å². The second-order valence-corrected chi connectivity index (χ2v) is 6.92. The standard InChI is InChI=1S/C14H22BrNS/c1-10(2)9-17-14-6-5-12(7-13(14)15)8-16-11(3)4/h5-7,10-11,16H,8-9H2,1-4H3. The van der Waals surface area contributed by atoms with Crippen molar-refractivity contribution in [2.24, 2.45) is 5.92 Å². The lowest BCUT2D eigenvalue weighted by Crippen LogP contribution is -2.21. The minimum absolute atomic E-state index is 0.531. The number of thioether (sulfide) groups is 1. The van der Waals surface area contributed by atoms with Gasteiger partial charge in [-0.15, -0.1) is 11.8 Å². The number of nitrogens with one attached hydrogen (secondary N) is 1. The minimum atomic E-state index is 0.531. The summed E-state index contributed by atoms with van der Waals surface area (Å²) in [7, 11) is 0. The van der Waals surface area contributed by atoms with Crippen molar-refractivity contribution in [2.45, 2.75) is 45.2 Å². The van der Waals surface area contributed by atoms with Gasteiger partial charge in [-0.3, -0.25) is 0 Å². The zero-order valence-electron chi connectivity index (χ0n) is 11.1. The van der Waals surface area contributed by atoms with Crippen LogP contribution in [0.4, 0.5) is 0 Å². The summed E-state index contributed by atoms with van der Waals surface area (Å²) in [5.74, 6) is 1.90. The quantitative estimate of drug-likeness (QED) is 0.764. The van der Waals surface area contributed by atoms with Crippen molar-refractivity contribution in [3.8, 4) is 0 Å². The molecular formula is C14H22BrNS. The lowest BCUT2D eigenvalue weighted by Gasteiger charge is -2.11. The molecular weight excluding hydrogens is 294 g/mol. The van der Waals surface area contributed by atoms with E-state index < -0.39 is 0 Å². The maximum atomic E-state index is 3.66. The van der Waals surface area contributed by atoms with Gasteiger partial charge in [-0.2, -0.15) is 0 Å². The van der Waals surface area contributed by atoms with Crippen LogP contribution in [0.15, 0.2) is 27.6 Å². The molecule has 1 rings (SSSR count). The molecule has 1 N–H and O–H groups in total. The SMILES string of the molecule is CC(C)CSc1ccc(CNC(C)C)cc1Br. The molecule has 1 aromatic rings. The van der Waals surface area contributed by atoms with Gasteiger partial charge in [-0.1, -0.05) is 33.8 Å². The van der Waals surface area contributed by atoms with E-state index in [1.54, 1.807) is 0 Å². The second-order valence-electron chi connectivity index (χ2n) is 5.01. The van der Waals surface area contributed by atoms with Crippen LogP contribution in [0.1, 0.15) is 33.3 Å². The van der Waals surface area contributed by atoms with E-state index in [4.69, 9.17) is 0 Å². The summed E-state index contributed by atoms with van der Waals surface area (Å²) in [5.41, 5.74) is 1.33. The van der Waals surface area contributed by atoms with E-state index in [1.165, 1.54) is 20.7 Å². The van der Waals surface area contributed by atoms with Crippen LogP contribution in [-0.2, 0) is 6.54 Å². The minimum Gasteiger partial charge on any atom is -0.310 e. The van der Waals surface area contributed by atoms with Crippen LogP contribution in [-0.4, -0.2) is 11.8 Å². The summed E-state index contributed by atoms with van der Waals surface area (Å²) in [6.45, 7) is 9.78. The Balaban J connectivity index is 2.59. The molecule has 17 heavy (non-hydrogen) atoms. The lowest BCUT2D eigenvalue weighted by atomic mass is 10.2. The first-order chi connectivity index (χ1) is 7.99. The average molecular weight is 316 g/mol. The second kappa shape index (κ2) is 7.45. The summed E-state index contributed by atoms with van der Waals surface area (Å²) in [5, 5.41) is 3.43. The zero-order valence-corrected chi connectivity index (χ0v) is 13.5. The van der Waals surface area contributed by atoms with Gasteiger partial charge in [0.25, 0.3) is 0 Å². The number of hydrogen-bond donors (Lipinski definition) is 1. The predicted molar refractivity (Wildman–Crippen MR) is 81.7 cm³/mol. The average Bonchev–Trinajstić information content (AvgIpc) is 2.24. The molecule has 0 aliphatic heterocycles. The highest BCUT2D eigenvalue weighted by Crippen LogP contribution is 2.29. The van der Waals surface area contributed by atoms with E-state index >= 15 is 0 Å². The van der Waals surface area contributed by atoms with E-state index in [-0.39, 0.29) is 0 Å². The van der Waals surface area contributed by atoms with Crippen molar-refractivity contribution >= 4 is 27.7 Å². The molecule has 0 saturated carbocycles. The fourth-order valence-electron chi connectivity index (χ4n) is 1.35. The van der Waals surface area contributed by atoms with Crippen molar-refractivity contribution in [3.05, 3.63) is 28.2 Å². The highest BCUT2D eigenvalue weighted by molar-refractivity contribution is 9.10. The van der Waals surface area contributed by atoms with Crippen molar-refractivity contribution in [1.29, 1.82) is 0 Å². The molecule has 0 aromatic heterocycles. The summed E-state index contributed by atoms with van der Waals surface area (Å²) >= 11 is 5.58. The lowest BCUT2D eigenvalue weighted by molar-refractivity contribution is 0.588. The van der Waals surface area contributed by atoms with E-state index in [1.807, 2.05) is 11.8 Å². The first-order valence-corrected chi connectivity index (χ1v) is 7.91. The monoisotopic (exact) mass is 315 g/mol. The normalized spacial score (nSPS) is 11.5.